The second kappa shape index (κ2) is 7.93. The number of hydrogen-bond donors (Lipinski definition) is 2. The molecule has 0 bridgehead atoms. The van der Waals surface area contributed by atoms with Crippen LogP contribution in [0.4, 0.5) is 41.6 Å². The van der Waals surface area contributed by atoms with E-state index >= 15 is 0 Å². The van der Waals surface area contributed by atoms with E-state index < -0.39 is 58.0 Å². The molecule has 3 N–H and O–H groups in total. The molecule has 4 aromatic rings. The number of aryl methyl sites for hydroxylation is 1. The third-order valence-corrected chi connectivity index (χ3v) is 5.53. The van der Waals surface area contributed by atoms with Gasteiger partial charge < -0.3 is 11.1 Å². The minimum atomic E-state index is -5.18. The van der Waals surface area contributed by atoms with E-state index in [1.54, 1.807) is 0 Å². The molecule has 34 heavy (non-hydrogen) atoms. The molecule has 0 atom stereocenters. The Labute approximate surface area is 189 Å². The number of nitrogens with zero attached hydrogens (tertiary/aromatic N) is 4. The Morgan fingerprint density at radius 2 is 1.82 bits per heavy atom. The van der Waals surface area contributed by atoms with E-state index in [0.29, 0.717) is 10.7 Å². The largest absolute Gasteiger partial charge is 0.433 e. The minimum absolute atomic E-state index is 0.0167. The Kier molecular flexibility index (Phi) is 5.46. The number of alkyl halides is 6. The van der Waals surface area contributed by atoms with Gasteiger partial charge in [-0.25, -0.2) is 9.37 Å². The van der Waals surface area contributed by atoms with E-state index in [4.69, 9.17) is 5.73 Å². The van der Waals surface area contributed by atoms with Crippen LogP contribution in [-0.2, 0) is 19.4 Å². The van der Waals surface area contributed by atoms with Gasteiger partial charge in [-0.1, -0.05) is 11.3 Å². The Morgan fingerprint density at radius 3 is 2.47 bits per heavy atom. The first kappa shape index (κ1) is 23.4. The molecule has 0 unspecified atom stereocenters. The van der Waals surface area contributed by atoms with Gasteiger partial charge >= 0.3 is 12.4 Å². The summed E-state index contributed by atoms with van der Waals surface area (Å²) in [6, 6.07) is 3.55. The lowest BCUT2D eigenvalue weighted by Crippen LogP contribution is -2.21. The highest BCUT2D eigenvalue weighted by atomic mass is 32.1. The standard InChI is InChI=1S/C19H11F7N6OS/c1-32-14(16(33)29-7-4-5-28-10(6-7)18(21,22)23)12(19(24,25)26)13(31-32)11-8(20)2-3-9-15(11)34-17(27)30-9/h2-6H,1H3,(H2,27,30)(H,28,29,33). The maximum Gasteiger partial charge on any atom is 0.433 e. The van der Waals surface area contributed by atoms with Crippen LogP contribution in [0.15, 0.2) is 30.5 Å². The highest BCUT2D eigenvalue weighted by molar-refractivity contribution is 7.22. The average Bonchev–Trinajstić information content (AvgIpc) is 3.26. The average molecular weight is 504 g/mol. The fourth-order valence-corrected chi connectivity index (χ4v) is 4.15. The molecule has 15 heteroatoms. The Morgan fingerprint density at radius 1 is 1.12 bits per heavy atom. The number of nitrogens with two attached hydrogens (primary N) is 1. The van der Waals surface area contributed by atoms with Crippen molar-refractivity contribution in [2.75, 3.05) is 11.1 Å². The number of halogens is 7. The fourth-order valence-electron chi connectivity index (χ4n) is 3.29. The van der Waals surface area contributed by atoms with E-state index in [1.165, 1.54) is 6.07 Å². The summed E-state index contributed by atoms with van der Waals surface area (Å²) in [5.41, 5.74) is -0.136. The highest BCUT2D eigenvalue weighted by Gasteiger charge is 2.43. The van der Waals surface area contributed by atoms with Crippen LogP contribution in [0, 0.1) is 5.82 Å². The van der Waals surface area contributed by atoms with Gasteiger partial charge in [0, 0.05) is 18.9 Å². The van der Waals surface area contributed by atoms with E-state index in [-0.39, 0.29) is 15.3 Å². The van der Waals surface area contributed by atoms with Crippen LogP contribution in [0.25, 0.3) is 21.5 Å². The van der Waals surface area contributed by atoms with Gasteiger partial charge in [-0.05, 0) is 24.3 Å². The van der Waals surface area contributed by atoms with Crippen LogP contribution in [0.5, 0.6) is 0 Å². The number of rotatable bonds is 3. The maximum absolute atomic E-state index is 14.7. The molecule has 3 heterocycles. The number of carbonyl (C=O) groups excluding carboxylic acids is 1. The van der Waals surface area contributed by atoms with Gasteiger partial charge in [0.2, 0.25) is 0 Å². The number of pyridine rings is 1. The first-order valence-corrected chi connectivity index (χ1v) is 9.92. The number of aromatic nitrogens is 4. The monoisotopic (exact) mass is 504 g/mol. The summed E-state index contributed by atoms with van der Waals surface area (Å²) in [5, 5.41) is 5.68. The van der Waals surface area contributed by atoms with E-state index in [0.717, 1.165) is 36.7 Å². The van der Waals surface area contributed by atoms with Gasteiger partial charge in [0.15, 0.2) is 5.13 Å². The first-order chi connectivity index (χ1) is 15.8. The molecule has 178 valence electrons. The van der Waals surface area contributed by atoms with Crippen molar-refractivity contribution >= 4 is 38.3 Å². The summed E-state index contributed by atoms with van der Waals surface area (Å²) in [4.78, 5) is 19.8. The second-order valence-electron chi connectivity index (χ2n) is 6.90. The molecular weight excluding hydrogens is 493 g/mol. The molecule has 0 saturated carbocycles. The van der Waals surface area contributed by atoms with Gasteiger partial charge in [0.25, 0.3) is 5.91 Å². The van der Waals surface area contributed by atoms with Gasteiger partial charge in [-0.3, -0.25) is 14.5 Å². The lowest BCUT2D eigenvalue weighted by Gasteiger charge is -2.12. The number of anilines is 2. The molecule has 1 aromatic carbocycles. The number of hydrogen-bond acceptors (Lipinski definition) is 6. The Balaban J connectivity index is 1.87. The van der Waals surface area contributed by atoms with Gasteiger partial charge in [0.05, 0.1) is 15.8 Å². The molecule has 7 nitrogen and oxygen atoms in total. The Hall–Kier alpha value is -3.75. The third-order valence-electron chi connectivity index (χ3n) is 4.61. The zero-order valence-electron chi connectivity index (χ0n) is 16.7. The SMILES string of the molecule is Cn1nc(-c2c(F)ccc3nc(N)sc23)c(C(F)(F)F)c1C(=O)Nc1ccnc(C(F)(F)F)c1. The zero-order valence-corrected chi connectivity index (χ0v) is 17.5. The summed E-state index contributed by atoms with van der Waals surface area (Å²) in [6.07, 6.45) is -9.29. The van der Waals surface area contributed by atoms with Crippen molar-refractivity contribution in [2.24, 2.45) is 7.05 Å². The predicted octanol–water partition coefficient (Wildman–Crippen LogP) is 5.10. The van der Waals surface area contributed by atoms with Crippen molar-refractivity contribution in [1.29, 1.82) is 0 Å². The van der Waals surface area contributed by atoms with E-state index in [1.807, 2.05) is 5.32 Å². The van der Waals surface area contributed by atoms with Crippen LogP contribution in [0.3, 0.4) is 0 Å². The number of benzene rings is 1. The fraction of sp³-hybridized carbons (Fsp3) is 0.158. The first-order valence-electron chi connectivity index (χ1n) is 9.11. The van der Waals surface area contributed by atoms with Crippen molar-refractivity contribution in [2.45, 2.75) is 12.4 Å². The van der Waals surface area contributed by atoms with Crippen molar-refractivity contribution in [3.05, 3.63) is 53.2 Å². The number of carbonyl (C=O) groups is 1. The van der Waals surface area contributed by atoms with Gasteiger partial charge in [-0.15, -0.1) is 0 Å². The summed E-state index contributed by atoms with van der Waals surface area (Å²) in [6.45, 7) is 0. The predicted molar refractivity (Wildman–Crippen MR) is 108 cm³/mol. The number of nitrogens with one attached hydrogen (secondary N) is 1. The summed E-state index contributed by atoms with van der Waals surface area (Å²) < 4.78 is 96.3. The quantitative estimate of drug-likeness (QED) is 0.378. The molecule has 0 fully saturated rings. The van der Waals surface area contributed by atoms with Crippen LogP contribution in [0.2, 0.25) is 0 Å². The van der Waals surface area contributed by atoms with Crippen molar-refractivity contribution in [3.8, 4) is 11.3 Å². The minimum Gasteiger partial charge on any atom is -0.375 e. The maximum atomic E-state index is 14.7. The van der Waals surface area contributed by atoms with Crippen LogP contribution in [-0.4, -0.2) is 25.7 Å². The molecular formula is C19H11F7N6OS. The Bertz CT molecular complexity index is 1420. The number of thiazole rings is 1. The number of amides is 1. The molecule has 0 aliphatic heterocycles. The number of fused-ring (bicyclic) bond motifs is 1. The molecule has 0 aliphatic carbocycles. The highest BCUT2D eigenvalue weighted by Crippen LogP contribution is 2.43. The zero-order chi connectivity index (χ0) is 25.0. The third kappa shape index (κ3) is 4.13. The molecule has 0 saturated heterocycles. The molecule has 4 rings (SSSR count). The van der Waals surface area contributed by atoms with Crippen molar-refractivity contribution < 1.29 is 35.5 Å². The summed E-state index contributed by atoms with van der Waals surface area (Å²) in [7, 11) is 1.01. The lowest BCUT2D eigenvalue weighted by atomic mass is 10.0. The second-order valence-corrected chi connectivity index (χ2v) is 7.93. The van der Waals surface area contributed by atoms with Crippen LogP contribution >= 0.6 is 11.3 Å². The molecule has 3 aromatic heterocycles. The number of nitrogen functional groups attached to an aromatic ring is 1. The summed E-state index contributed by atoms with van der Waals surface area (Å²) in [5.74, 6) is -2.47. The van der Waals surface area contributed by atoms with Crippen LogP contribution in [0.1, 0.15) is 21.7 Å². The lowest BCUT2D eigenvalue weighted by molar-refractivity contribution is -0.141. The van der Waals surface area contributed by atoms with Gasteiger partial charge in [-0.2, -0.15) is 31.4 Å². The van der Waals surface area contributed by atoms with E-state index in [2.05, 4.69) is 15.1 Å². The normalized spacial score (nSPS) is 12.4. The van der Waals surface area contributed by atoms with E-state index in [9.17, 15) is 35.5 Å². The topological polar surface area (TPSA) is 98.7 Å². The molecule has 1 amide bonds. The van der Waals surface area contributed by atoms with Crippen molar-refractivity contribution in [3.63, 3.8) is 0 Å². The van der Waals surface area contributed by atoms with Crippen molar-refractivity contribution in [1.82, 2.24) is 19.7 Å². The molecule has 0 aliphatic rings. The molecule has 0 spiro atoms. The molecule has 0 radical (unpaired) electrons. The van der Waals surface area contributed by atoms with Gasteiger partial charge in [0.1, 0.15) is 28.5 Å². The summed E-state index contributed by atoms with van der Waals surface area (Å²) >= 11 is 0.733. The smallest absolute Gasteiger partial charge is 0.375 e. The van der Waals surface area contributed by atoms with Crippen LogP contribution < -0.4 is 11.1 Å².